The first-order valence-corrected chi connectivity index (χ1v) is 11.3. The minimum atomic E-state index is -0.987. The van der Waals surface area contributed by atoms with Crippen LogP contribution in [0, 0.1) is 0 Å². The molecule has 33 heavy (non-hydrogen) atoms. The van der Waals surface area contributed by atoms with E-state index in [0.717, 1.165) is 18.4 Å². The molecule has 1 atom stereocenters. The number of hydrogen-bond donors (Lipinski definition) is 3. The van der Waals surface area contributed by atoms with Crippen molar-refractivity contribution in [3.8, 4) is 0 Å². The summed E-state index contributed by atoms with van der Waals surface area (Å²) < 4.78 is 5.67. The van der Waals surface area contributed by atoms with E-state index < -0.39 is 17.9 Å². The third-order valence-electron chi connectivity index (χ3n) is 5.70. The molecule has 1 heterocycles. The van der Waals surface area contributed by atoms with Crippen LogP contribution in [-0.2, 0) is 19.1 Å². The number of allylic oxidation sites excluding steroid dienone is 5. The molecule has 10 nitrogen and oxygen atoms in total. The van der Waals surface area contributed by atoms with Crippen molar-refractivity contribution in [1.82, 2.24) is 14.7 Å². The predicted octanol–water partition coefficient (Wildman–Crippen LogP) is 0.768. The third-order valence-corrected chi connectivity index (χ3v) is 5.70. The first kappa shape index (κ1) is 26.7. The Balaban J connectivity index is 2.29. The zero-order valence-corrected chi connectivity index (χ0v) is 19.2. The molecule has 1 aliphatic carbocycles. The van der Waals surface area contributed by atoms with E-state index in [1.54, 1.807) is 14.7 Å². The highest BCUT2D eigenvalue weighted by atomic mass is 16.5. The van der Waals surface area contributed by atoms with Gasteiger partial charge in [-0.05, 0) is 18.4 Å². The fourth-order valence-electron chi connectivity index (χ4n) is 3.95. The molecule has 0 radical (unpaired) electrons. The molecule has 0 amide bonds. The van der Waals surface area contributed by atoms with Crippen molar-refractivity contribution in [2.45, 2.75) is 25.8 Å². The Kier molecular flexibility index (Phi) is 11.2. The van der Waals surface area contributed by atoms with Gasteiger partial charge in [0.1, 0.15) is 0 Å². The second kappa shape index (κ2) is 13.9. The van der Waals surface area contributed by atoms with E-state index in [1.807, 2.05) is 18.2 Å². The van der Waals surface area contributed by atoms with Crippen LogP contribution in [0.5, 0.6) is 0 Å². The van der Waals surface area contributed by atoms with Crippen molar-refractivity contribution in [1.29, 1.82) is 0 Å². The molecular weight excluding hydrogens is 430 g/mol. The number of ether oxygens (including phenoxy) is 1. The van der Waals surface area contributed by atoms with Crippen molar-refractivity contribution < 1.29 is 34.4 Å². The van der Waals surface area contributed by atoms with Gasteiger partial charge in [-0.25, -0.2) is 0 Å². The summed E-state index contributed by atoms with van der Waals surface area (Å²) in [7, 11) is 0. The molecule has 0 saturated carbocycles. The van der Waals surface area contributed by atoms with Crippen LogP contribution in [0.3, 0.4) is 0 Å². The van der Waals surface area contributed by atoms with Crippen LogP contribution in [0.25, 0.3) is 0 Å². The topological polar surface area (TPSA) is 131 Å². The first-order valence-electron chi connectivity index (χ1n) is 11.3. The van der Waals surface area contributed by atoms with Gasteiger partial charge in [-0.3, -0.25) is 29.1 Å². The molecule has 0 bridgehead atoms. The van der Waals surface area contributed by atoms with Crippen LogP contribution in [0.15, 0.2) is 35.5 Å². The Morgan fingerprint density at radius 3 is 2.18 bits per heavy atom. The van der Waals surface area contributed by atoms with Gasteiger partial charge in [-0.15, -0.1) is 0 Å². The van der Waals surface area contributed by atoms with E-state index in [2.05, 4.69) is 13.0 Å². The Morgan fingerprint density at radius 2 is 1.58 bits per heavy atom. The quantitative estimate of drug-likeness (QED) is 0.472. The summed E-state index contributed by atoms with van der Waals surface area (Å²) in [4.78, 5) is 39.5. The maximum absolute atomic E-state index is 11.6. The maximum atomic E-state index is 11.6. The number of nitrogens with zero attached hydrogens (tertiary/aromatic N) is 3. The molecular formula is C23H35N3O7. The summed E-state index contributed by atoms with van der Waals surface area (Å²) >= 11 is 0. The molecule has 10 heteroatoms. The van der Waals surface area contributed by atoms with E-state index in [9.17, 15) is 29.7 Å². The summed E-state index contributed by atoms with van der Waals surface area (Å²) in [6, 6.07) is -0.340. The molecule has 1 saturated heterocycles. The van der Waals surface area contributed by atoms with Crippen molar-refractivity contribution in [2.24, 2.45) is 0 Å². The third kappa shape index (κ3) is 10.3. The monoisotopic (exact) mass is 465 g/mol. The molecule has 1 aliphatic heterocycles. The molecule has 1 unspecified atom stereocenters. The zero-order valence-electron chi connectivity index (χ0n) is 19.2. The van der Waals surface area contributed by atoms with Gasteiger partial charge >= 0.3 is 17.9 Å². The molecule has 0 aromatic rings. The fourth-order valence-corrected chi connectivity index (χ4v) is 3.95. The molecule has 0 aromatic carbocycles. The Morgan fingerprint density at radius 1 is 0.939 bits per heavy atom. The summed E-state index contributed by atoms with van der Waals surface area (Å²) in [6.07, 6.45) is 9.91. The lowest BCUT2D eigenvalue weighted by Gasteiger charge is -2.35. The van der Waals surface area contributed by atoms with Crippen LogP contribution in [0.4, 0.5) is 0 Å². The van der Waals surface area contributed by atoms with Crippen LogP contribution in [0.1, 0.15) is 19.8 Å². The zero-order chi connectivity index (χ0) is 24.2. The average Bonchev–Trinajstić information content (AvgIpc) is 2.74. The largest absolute Gasteiger partial charge is 0.480 e. The van der Waals surface area contributed by atoms with E-state index in [1.165, 1.54) is 5.57 Å². The Hall–Kier alpha value is -2.53. The molecule has 2 aliphatic rings. The standard InChI is InChI=1S/C23H35N3O7/c1-2-18-3-5-19(6-4-18)13-20-14-25(16-22(29)30)8-7-24(15-21(27)28)9-11-33-12-10-26(20)17-23(31)32/h3-5,13,20H,2,6-12,14-17H2,1H3,(H,27,28)(H,29,30)(H,31,32). The Bertz CT molecular complexity index is 778. The van der Waals surface area contributed by atoms with E-state index in [0.29, 0.717) is 45.9 Å². The highest BCUT2D eigenvalue weighted by molar-refractivity contribution is 5.70. The molecule has 1 fully saturated rings. The number of hydrogen-bond acceptors (Lipinski definition) is 7. The highest BCUT2D eigenvalue weighted by Crippen LogP contribution is 2.20. The predicted molar refractivity (Wildman–Crippen MR) is 122 cm³/mol. The Labute approximate surface area is 194 Å². The fraction of sp³-hybridized carbons (Fsp3) is 0.609. The molecule has 0 spiro atoms. The second-order valence-corrected chi connectivity index (χ2v) is 8.25. The van der Waals surface area contributed by atoms with Gasteiger partial charge in [-0.2, -0.15) is 0 Å². The summed E-state index contributed by atoms with van der Waals surface area (Å²) in [5.41, 5.74) is 2.29. The first-order chi connectivity index (χ1) is 15.8. The number of rotatable bonds is 8. The number of aliphatic carboxylic acids is 3. The van der Waals surface area contributed by atoms with E-state index >= 15 is 0 Å². The van der Waals surface area contributed by atoms with Gasteiger partial charge in [-0.1, -0.05) is 36.8 Å². The van der Waals surface area contributed by atoms with Gasteiger partial charge in [0.05, 0.1) is 32.8 Å². The van der Waals surface area contributed by atoms with Crippen molar-refractivity contribution >= 4 is 17.9 Å². The lowest BCUT2D eigenvalue weighted by Crippen LogP contribution is -2.50. The van der Waals surface area contributed by atoms with Gasteiger partial charge in [0.15, 0.2) is 0 Å². The van der Waals surface area contributed by atoms with Gasteiger partial charge in [0, 0.05) is 38.8 Å². The van der Waals surface area contributed by atoms with Gasteiger partial charge < -0.3 is 20.1 Å². The van der Waals surface area contributed by atoms with E-state index in [4.69, 9.17) is 4.74 Å². The van der Waals surface area contributed by atoms with Crippen LogP contribution >= 0.6 is 0 Å². The van der Waals surface area contributed by atoms with E-state index in [-0.39, 0.29) is 25.7 Å². The van der Waals surface area contributed by atoms with Crippen molar-refractivity contribution in [2.75, 3.05) is 65.6 Å². The normalized spacial score (nSPS) is 23.5. The van der Waals surface area contributed by atoms with Crippen LogP contribution < -0.4 is 0 Å². The SMILES string of the molecule is CCC1=CCC(=CC2CN(CC(=O)O)CCN(CC(=O)O)CCOCCN2CC(=O)O)C=C1. The van der Waals surface area contributed by atoms with Gasteiger partial charge in [0.25, 0.3) is 0 Å². The van der Waals surface area contributed by atoms with Crippen molar-refractivity contribution in [3.63, 3.8) is 0 Å². The lowest BCUT2D eigenvalue weighted by molar-refractivity contribution is -0.141. The summed E-state index contributed by atoms with van der Waals surface area (Å²) in [6.45, 7) is 3.91. The summed E-state index contributed by atoms with van der Waals surface area (Å²) in [5, 5.41) is 28.1. The van der Waals surface area contributed by atoms with Crippen LogP contribution in [0.2, 0.25) is 0 Å². The lowest BCUT2D eigenvalue weighted by atomic mass is 9.98. The average molecular weight is 466 g/mol. The summed E-state index contributed by atoms with van der Waals surface area (Å²) in [5.74, 6) is -2.90. The molecule has 3 N–H and O–H groups in total. The minimum Gasteiger partial charge on any atom is -0.480 e. The highest BCUT2D eigenvalue weighted by Gasteiger charge is 2.25. The number of carboxylic acid groups (broad SMARTS) is 3. The van der Waals surface area contributed by atoms with Crippen molar-refractivity contribution in [3.05, 3.63) is 35.5 Å². The molecule has 184 valence electrons. The number of carbonyl (C=O) groups is 3. The maximum Gasteiger partial charge on any atom is 0.317 e. The van der Waals surface area contributed by atoms with Crippen LogP contribution in [-0.4, -0.2) is 120 Å². The number of carboxylic acids is 3. The minimum absolute atomic E-state index is 0.153. The molecule has 0 aromatic heterocycles. The smallest absolute Gasteiger partial charge is 0.317 e. The molecule has 2 rings (SSSR count). The van der Waals surface area contributed by atoms with Gasteiger partial charge in [0.2, 0.25) is 0 Å². The second-order valence-electron chi connectivity index (χ2n) is 8.25.